The van der Waals surface area contributed by atoms with Gasteiger partial charge in [0.25, 0.3) is 7.82 Å². The molecule has 0 fully saturated rings. The molecule has 0 aliphatic carbocycles. The molecular formula is C57H115N2O6P. The first kappa shape index (κ1) is 65.2. The predicted molar refractivity (Wildman–Crippen MR) is 284 cm³/mol. The van der Waals surface area contributed by atoms with Gasteiger partial charge in [0, 0.05) is 6.42 Å². The van der Waals surface area contributed by atoms with Crippen molar-refractivity contribution in [2.75, 3.05) is 40.9 Å². The highest BCUT2D eigenvalue weighted by molar-refractivity contribution is 7.45. The largest absolute Gasteiger partial charge is 0.756 e. The fraction of sp³-hybridized carbons (Fsp3) is 0.947. The summed E-state index contributed by atoms with van der Waals surface area (Å²) in [5, 5.41) is 13.8. The van der Waals surface area contributed by atoms with Crippen molar-refractivity contribution in [2.45, 2.75) is 309 Å². The fourth-order valence-electron chi connectivity index (χ4n) is 8.92. The van der Waals surface area contributed by atoms with Crippen LogP contribution >= 0.6 is 7.82 Å². The number of unbranched alkanes of at least 4 members (excludes halogenated alkanes) is 41. The zero-order valence-electron chi connectivity index (χ0n) is 44.9. The van der Waals surface area contributed by atoms with Crippen LogP contribution in [-0.4, -0.2) is 68.5 Å². The Morgan fingerprint density at radius 3 is 1.14 bits per heavy atom. The van der Waals surface area contributed by atoms with Gasteiger partial charge in [0.05, 0.1) is 39.9 Å². The maximum Gasteiger partial charge on any atom is 0.268 e. The molecule has 0 aromatic carbocycles. The van der Waals surface area contributed by atoms with Gasteiger partial charge in [-0.05, 0) is 19.3 Å². The molecule has 0 aliphatic heterocycles. The lowest BCUT2D eigenvalue weighted by Gasteiger charge is -2.29. The molecule has 0 radical (unpaired) electrons. The summed E-state index contributed by atoms with van der Waals surface area (Å²) in [6, 6.07) is -0.881. The van der Waals surface area contributed by atoms with Crippen molar-refractivity contribution in [3.8, 4) is 0 Å². The van der Waals surface area contributed by atoms with Crippen LogP contribution in [0.2, 0.25) is 0 Å². The third-order valence-corrected chi connectivity index (χ3v) is 14.5. The van der Waals surface area contributed by atoms with Gasteiger partial charge in [-0.3, -0.25) is 9.36 Å². The van der Waals surface area contributed by atoms with Gasteiger partial charge < -0.3 is 28.8 Å². The number of nitrogens with one attached hydrogen (secondary N) is 1. The average Bonchev–Trinajstić information content (AvgIpc) is 3.28. The second-order valence-electron chi connectivity index (χ2n) is 21.4. The van der Waals surface area contributed by atoms with Gasteiger partial charge in [0.2, 0.25) is 5.91 Å². The zero-order chi connectivity index (χ0) is 48.5. The summed E-state index contributed by atoms with van der Waals surface area (Å²) in [5.41, 5.74) is 0. The number of nitrogens with zero attached hydrogens (tertiary/aromatic N) is 1. The number of likely N-dealkylation sites (N-methyl/N-ethyl adjacent to an activating group) is 1. The summed E-state index contributed by atoms with van der Waals surface area (Å²) in [6.07, 6.45) is 60.2. The average molecular weight is 956 g/mol. The van der Waals surface area contributed by atoms with Crippen LogP contribution in [0.4, 0.5) is 0 Å². The number of allylic oxidation sites excluding steroid dienone is 1. The lowest BCUT2D eigenvalue weighted by atomic mass is 10.0. The van der Waals surface area contributed by atoms with Crippen molar-refractivity contribution in [3.63, 3.8) is 0 Å². The van der Waals surface area contributed by atoms with E-state index in [4.69, 9.17) is 9.05 Å². The monoisotopic (exact) mass is 955 g/mol. The Kier molecular flexibility index (Phi) is 48.7. The van der Waals surface area contributed by atoms with Gasteiger partial charge in [-0.15, -0.1) is 0 Å². The SMILES string of the molecule is CCCCCCCCCCCCC/C=C/[C@@H](O)[C@H](COP(=O)([O-])OCC[N+](C)(C)C)NC(=O)CCCCCCCCCCCCCCCCCCCCCCCCCCCCCCCCC. The Morgan fingerprint density at radius 2 is 0.818 bits per heavy atom. The summed E-state index contributed by atoms with van der Waals surface area (Å²) in [6.45, 7) is 4.68. The van der Waals surface area contributed by atoms with E-state index in [0.29, 0.717) is 17.4 Å². The zero-order valence-corrected chi connectivity index (χ0v) is 45.8. The number of aliphatic hydroxyl groups is 1. The van der Waals surface area contributed by atoms with Crippen molar-refractivity contribution in [3.05, 3.63) is 12.2 Å². The molecule has 0 rings (SSSR count). The Bertz CT molecular complexity index is 1080. The van der Waals surface area contributed by atoms with E-state index in [9.17, 15) is 19.4 Å². The Morgan fingerprint density at radius 1 is 0.515 bits per heavy atom. The highest BCUT2D eigenvalue weighted by atomic mass is 31.2. The summed E-state index contributed by atoms with van der Waals surface area (Å²) in [4.78, 5) is 25.4. The number of carbonyl (C=O) groups is 1. The third-order valence-electron chi connectivity index (χ3n) is 13.5. The number of amides is 1. The molecule has 2 N–H and O–H groups in total. The molecule has 394 valence electrons. The summed E-state index contributed by atoms with van der Waals surface area (Å²) in [7, 11) is 1.28. The summed E-state index contributed by atoms with van der Waals surface area (Å²) in [5.74, 6) is -0.191. The first-order valence-corrected chi connectivity index (χ1v) is 30.5. The fourth-order valence-corrected chi connectivity index (χ4v) is 9.64. The Balaban J connectivity index is 3.99. The molecule has 0 saturated carbocycles. The van der Waals surface area contributed by atoms with Gasteiger partial charge in [0.1, 0.15) is 13.2 Å². The lowest BCUT2D eigenvalue weighted by molar-refractivity contribution is -0.870. The van der Waals surface area contributed by atoms with E-state index in [-0.39, 0.29) is 19.1 Å². The molecule has 0 saturated heterocycles. The molecular weight excluding hydrogens is 840 g/mol. The van der Waals surface area contributed by atoms with Gasteiger partial charge in [0.15, 0.2) is 0 Å². The van der Waals surface area contributed by atoms with Crippen molar-refractivity contribution >= 4 is 13.7 Å². The predicted octanol–water partition coefficient (Wildman–Crippen LogP) is 16.8. The highest BCUT2D eigenvalue weighted by Gasteiger charge is 2.23. The molecule has 1 amide bonds. The van der Waals surface area contributed by atoms with E-state index < -0.39 is 20.0 Å². The number of phosphoric acid groups is 1. The van der Waals surface area contributed by atoms with Crippen LogP contribution in [0.1, 0.15) is 296 Å². The quantitative estimate of drug-likeness (QED) is 0.0272. The van der Waals surface area contributed by atoms with E-state index in [1.165, 1.54) is 238 Å². The van der Waals surface area contributed by atoms with Crippen LogP contribution in [-0.2, 0) is 18.4 Å². The van der Waals surface area contributed by atoms with E-state index in [0.717, 1.165) is 38.5 Å². The summed E-state index contributed by atoms with van der Waals surface area (Å²) >= 11 is 0. The minimum Gasteiger partial charge on any atom is -0.756 e. The smallest absolute Gasteiger partial charge is 0.268 e. The minimum atomic E-state index is -4.59. The van der Waals surface area contributed by atoms with Gasteiger partial charge in [-0.25, -0.2) is 0 Å². The molecule has 9 heteroatoms. The second-order valence-corrected chi connectivity index (χ2v) is 22.8. The van der Waals surface area contributed by atoms with Crippen LogP contribution in [0.5, 0.6) is 0 Å². The Labute approximate surface area is 412 Å². The number of hydrogen-bond donors (Lipinski definition) is 2. The normalized spacial score (nSPS) is 14.0. The third kappa shape index (κ3) is 51.1. The number of aliphatic hydroxyl groups excluding tert-OH is 1. The molecule has 0 aromatic heterocycles. The first-order chi connectivity index (χ1) is 32.0. The summed E-state index contributed by atoms with van der Waals surface area (Å²) < 4.78 is 23.3. The minimum absolute atomic E-state index is 0.00240. The van der Waals surface area contributed by atoms with Crippen molar-refractivity contribution in [1.82, 2.24) is 5.32 Å². The van der Waals surface area contributed by atoms with E-state index >= 15 is 0 Å². The van der Waals surface area contributed by atoms with Crippen molar-refractivity contribution in [1.29, 1.82) is 0 Å². The Hall–Kier alpha value is -0.760. The lowest BCUT2D eigenvalue weighted by Crippen LogP contribution is -2.45. The molecule has 3 atom stereocenters. The van der Waals surface area contributed by atoms with E-state index in [1.807, 2.05) is 27.2 Å². The van der Waals surface area contributed by atoms with Crippen LogP contribution in [0, 0.1) is 0 Å². The molecule has 0 bridgehead atoms. The topological polar surface area (TPSA) is 108 Å². The van der Waals surface area contributed by atoms with Crippen LogP contribution in [0.15, 0.2) is 12.2 Å². The van der Waals surface area contributed by atoms with Crippen LogP contribution < -0.4 is 10.2 Å². The molecule has 66 heavy (non-hydrogen) atoms. The number of rotatable bonds is 54. The van der Waals surface area contributed by atoms with Crippen molar-refractivity contribution < 1.29 is 32.9 Å². The van der Waals surface area contributed by atoms with Gasteiger partial charge in [-0.2, -0.15) is 0 Å². The van der Waals surface area contributed by atoms with Crippen LogP contribution in [0.25, 0.3) is 0 Å². The maximum absolute atomic E-state index is 12.9. The van der Waals surface area contributed by atoms with E-state index in [2.05, 4.69) is 19.2 Å². The number of hydrogen-bond acceptors (Lipinski definition) is 6. The first-order valence-electron chi connectivity index (χ1n) is 29.1. The molecule has 8 nitrogen and oxygen atoms in total. The van der Waals surface area contributed by atoms with Gasteiger partial charge in [-0.1, -0.05) is 283 Å². The molecule has 0 heterocycles. The number of phosphoric ester groups is 1. The number of quaternary nitrogens is 1. The second kappa shape index (κ2) is 49.2. The standard InChI is InChI=1S/C57H115N2O6P/c1-6-8-10-12-14-16-18-20-21-22-23-24-25-26-27-28-29-30-31-32-33-34-35-36-37-39-41-43-45-47-49-51-57(61)58-55(54-65-66(62,63)64-53-52-59(3,4)5)56(60)50-48-46-44-42-40-38-19-17-15-13-11-9-7-2/h48,50,55-56,60H,6-47,49,51-54H2,1-5H3,(H-,58,61,62,63)/b50-48+/t55-,56+/m0/s1. The molecule has 0 aliphatic rings. The van der Waals surface area contributed by atoms with E-state index in [1.54, 1.807) is 6.08 Å². The molecule has 0 aromatic rings. The van der Waals surface area contributed by atoms with Crippen molar-refractivity contribution in [2.24, 2.45) is 0 Å². The molecule has 1 unspecified atom stereocenters. The number of carbonyl (C=O) groups excluding carboxylic acids is 1. The van der Waals surface area contributed by atoms with Crippen LogP contribution in [0.3, 0.4) is 0 Å². The molecule has 0 spiro atoms. The maximum atomic E-state index is 12.9. The highest BCUT2D eigenvalue weighted by Crippen LogP contribution is 2.38. The van der Waals surface area contributed by atoms with Gasteiger partial charge >= 0.3 is 0 Å².